The van der Waals surface area contributed by atoms with Gasteiger partial charge in [-0.1, -0.05) is 17.9 Å². The average molecular weight is 408 g/mol. The van der Waals surface area contributed by atoms with Crippen LogP contribution in [0.5, 0.6) is 5.75 Å². The standard InChI is InChI=1S/C21H17FN4O4/c1-30-16-3-2-13-10-26(18(27)17(13)9-16)11-21(19(28)24-20(29)25-21)5-4-12-6-14(22)8-15(23)7-12/h2-3,6-9H,10-11,23H2,1H3,(H2,24,25,28,29). The highest BCUT2D eigenvalue weighted by Gasteiger charge is 2.48. The van der Waals surface area contributed by atoms with Gasteiger partial charge >= 0.3 is 6.03 Å². The zero-order valence-electron chi connectivity index (χ0n) is 15.9. The Labute approximate surface area is 171 Å². The maximum atomic E-state index is 13.6. The fraction of sp³-hybridized carbons (Fsp3) is 0.190. The van der Waals surface area contributed by atoms with Gasteiger partial charge in [-0.05, 0) is 35.9 Å². The smallest absolute Gasteiger partial charge is 0.323 e. The van der Waals surface area contributed by atoms with Crippen LogP contribution in [0, 0.1) is 17.7 Å². The van der Waals surface area contributed by atoms with Gasteiger partial charge in [0, 0.05) is 23.4 Å². The van der Waals surface area contributed by atoms with E-state index in [4.69, 9.17) is 10.5 Å². The van der Waals surface area contributed by atoms with Crippen LogP contribution in [0.3, 0.4) is 0 Å². The van der Waals surface area contributed by atoms with Crippen LogP contribution in [0.2, 0.25) is 0 Å². The van der Waals surface area contributed by atoms with Gasteiger partial charge in [-0.3, -0.25) is 14.9 Å². The minimum absolute atomic E-state index is 0.173. The number of imide groups is 1. The second kappa shape index (κ2) is 7.08. The molecular weight excluding hydrogens is 391 g/mol. The summed E-state index contributed by atoms with van der Waals surface area (Å²) in [5.41, 5.74) is 5.59. The van der Waals surface area contributed by atoms with Crippen molar-refractivity contribution in [1.82, 2.24) is 15.5 Å². The molecule has 2 aliphatic heterocycles. The Kier molecular flexibility index (Phi) is 4.54. The third-order valence-electron chi connectivity index (χ3n) is 4.91. The zero-order chi connectivity index (χ0) is 21.5. The highest BCUT2D eigenvalue weighted by atomic mass is 19.1. The maximum absolute atomic E-state index is 13.6. The Hall–Kier alpha value is -4.06. The van der Waals surface area contributed by atoms with Gasteiger partial charge in [0.1, 0.15) is 11.6 Å². The first-order valence-electron chi connectivity index (χ1n) is 8.99. The summed E-state index contributed by atoms with van der Waals surface area (Å²) in [6, 6.07) is 8.16. The first-order valence-corrected chi connectivity index (χ1v) is 8.99. The first kappa shape index (κ1) is 19.3. The van der Waals surface area contributed by atoms with Crippen LogP contribution in [-0.4, -0.2) is 41.9 Å². The Bertz CT molecular complexity index is 1130. The van der Waals surface area contributed by atoms with Crippen molar-refractivity contribution < 1.29 is 23.5 Å². The lowest BCUT2D eigenvalue weighted by molar-refractivity contribution is -0.122. The summed E-state index contributed by atoms with van der Waals surface area (Å²) in [5, 5.41) is 4.64. The van der Waals surface area contributed by atoms with Crippen molar-refractivity contribution in [1.29, 1.82) is 0 Å². The number of nitrogens with zero attached hydrogens (tertiary/aromatic N) is 1. The van der Waals surface area contributed by atoms with Crippen molar-refractivity contribution in [2.24, 2.45) is 0 Å². The van der Waals surface area contributed by atoms with Crippen LogP contribution in [0.1, 0.15) is 21.5 Å². The summed E-state index contributed by atoms with van der Waals surface area (Å²) < 4.78 is 18.8. The number of methoxy groups -OCH3 is 1. The molecule has 2 aliphatic rings. The molecule has 152 valence electrons. The lowest BCUT2D eigenvalue weighted by atomic mass is 9.99. The van der Waals surface area contributed by atoms with Gasteiger partial charge in [-0.15, -0.1) is 0 Å². The number of halogens is 1. The molecule has 4 N–H and O–H groups in total. The number of carbonyl (C=O) groups is 3. The molecule has 4 amide bonds. The first-order chi connectivity index (χ1) is 14.3. The number of nitrogens with one attached hydrogen (secondary N) is 2. The molecule has 0 saturated carbocycles. The Morgan fingerprint density at radius 3 is 2.70 bits per heavy atom. The van der Waals surface area contributed by atoms with Gasteiger partial charge < -0.3 is 20.7 Å². The molecule has 0 aromatic heterocycles. The average Bonchev–Trinajstić information content (AvgIpc) is 3.15. The second-order valence-electron chi connectivity index (χ2n) is 7.02. The Morgan fingerprint density at radius 2 is 2.03 bits per heavy atom. The van der Waals surface area contributed by atoms with Crippen LogP contribution < -0.4 is 21.1 Å². The van der Waals surface area contributed by atoms with Gasteiger partial charge in [0.2, 0.25) is 5.54 Å². The topological polar surface area (TPSA) is 114 Å². The predicted octanol–water partition coefficient (Wildman–Crippen LogP) is 1.00. The fourth-order valence-electron chi connectivity index (χ4n) is 3.48. The molecule has 0 spiro atoms. The molecule has 0 bridgehead atoms. The number of anilines is 1. The lowest BCUT2D eigenvalue weighted by Crippen LogP contribution is -2.54. The number of ether oxygens (including phenoxy) is 1. The molecule has 0 aliphatic carbocycles. The second-order valence-corrected chi connectivity index (χ2v) is 7.02. The van der Waals surface area contributed by atoms with E-state index in [1.807, 2.05) is 0 Å². The van der Waals surface area contributed by atoms with E-state index in [2.05, 4.69) is 22.5 Å². The number of benzene rings is 2. The van der Waals surface area contributed by atoms with Crippen molar-refractivity contribution in [3.8, 4) is 17.6 Å². The summed E-state index contributed by atoms with van der Waals surface area (Å²) in [6.45, 7) is 0.0653. The van der Waals surface area contributed by atoms with E-state index < -0.39 is 23.3 Å². The van der Waals surface area contributed by atoms with Crippen LogP contribution in [0.25, 0.3) is 0 Å². The van der Waals surface area contributed by atoms with Gasteiger partial charge in [-0.2, -0.15) is 0 Å². The number of amides is 4. The number of urea groups is 1. The van der Waals surface area contributed by atoms with Crippen LogP contribution in [0.15, 0.2) is 36.4 Å². The minimum Gasteiger partial charge on any atom is -0.497 e. The number of nitrogen functional groups attached to an aromatic ring is 1. The molecule has 30 heavy (non-hydrogen) atoms. The molecule has 2 heterocycles. The van der Waals surface area contributed by atoms with Crippen molar-refractivity contribution in [2.75, 3.05) is 19.4 Å². The SMILES string of the molecule is COc1ccc2c(c1)C(=O)N(CC1(C#Cc3cc(N)cc(F)c3)NC(=O)NC1=O)C2. The van der Waals surface area contributed by atoms with Crippen LogP contribution in [0.4, 0.5) is 14.9 Å². The quantitative estimate of drug-likeness (QED) is 0.398. The zero-order valence-corrected chi connectivity index (χ0v) is 15.9. The molecule has 2 aromatic carbocycles. The predicted molar refractivity (Wildman–Crippen MR) is 105 cm³/mol. The Balaban J connectivity index is 1.66. The molecule has 1 fully saturated rings. The highest BCUT2D eigenvalue weighted by molar-refractivity contribution is 6.10. The molecule has 2 aromatic rings. The molecule has 1 atom stereocenters. The number of fused-ring (bicyclic) bond motifs is 1. The summed E-state index contributed by atoms with van der Waals surface area (Å²) in [4.78, 5) is 38.7. The lowest BCUT2D eigenvalue weighted by Gasteiger charge is -2.26. The van der Waals surface area contributed by atoms with E-state index in [0.29, 0.717) is 11.3 Å². The minimum atomic E-state index is -1.68. The Morgan fingerprint density at radius 1 is 1.23 bits per heavy atom. The van der Waals surface area contributed by atoms with E-state index in [-0.39, 0.29) is 30.2 Å². The summed E-state index contributed by atoms with van der Waals surface area (Å²) in [6.07, 6.45) is 0. The number of hydrogen-bond donors (Lipinski definition) is 3. The largest absolute Gasteiger partial charge is 0.497 e. The molecular formula is C21H17FN4O4. The summed E-state index contributed by atoms with van der Waals surface area (Å²) in [7, 11) is 1.50. The molecule has 0 radical (unpaired) electrons. The number of nitrogens with two attached hydrogens (primary N) is 1. The molecule has 1 unspecified atom stereocenters. The number of carbonyl (C=O) groups excluding carboxylic acids is 3. The van der Waals surface area contributed by atoms with E-state index >= 15 is 0 Å². The van der Waals surface area contributed by atoms with Crippen LogP contribution in [-0.2, 0) is 11.3 Å². The van der Waals surface area contributed by atoms with Gasteiger partial charge in [-0.25, -0.2) is 9.18 Å². The summed E-state index contributed by atoms with van der Waals surface area (Å²) >= 11 is 0. The molecule has 9 heteroatoms. The molecule has 1 saturated heterocycles. The maximum Gasteiger partial charge on any atom is 0.323 e. The highest BCUT2D eigenvalue weighted by Crippen LogP contribution is 2.28. The summed E-state index contributed by atoms with van der Waals surface area (Å²) in [5.74, 6) is 4.35. The van der Waals surface area contributed by atoms with Crippen LogP contribution >= 0.6 is 0 Å². The van der Waals surface area contributed by atoms with E-state index in [1.165, 1.54) is 18.1 Å². The van der Waals surface area contributed by atoms with Crippen molar-refractivity contribution >= 4 is 23.5 Å². The monoisotopic (exact) mass is 408 g/mol. The van der Waals surface area contributed by atoms with Gasteiger partial charge in [0.25, 0.3) is 11.8 Å². The number of hydrogen-bond acceptors (Lipinski definition) is 5. The van der Waals surface area contributed by atoms with E-state index in [0.717, 1.165) is 17.7 Å². The van der Waals surface area contributed by atoms with Crippen molar-refractivity contribution in [3.05, 3.63) is 58.9 Å². The normalized spacial score (nSPS) is 19.7. The van der Waals surface area contributed by atoms with Gasteiger partial charge in [0.05, 0.1) is 13.7 Å². The third kappa shape index (κ3) is 3.39. The third-order valence-corrected chi connectivity index (χ3v) is 4.91. The van der Waals surface area contributed by atoms with Gasteiger partial charge in [0.15, 0.2) is 0 Å². The number of rotatable bonds is 3. The molecule has 8 nitrogen and oxygen atoms in total. The van der Waals surface area contributed by atoms with Crippen molar-refractivity contribution in [3.63, 3.8) is 0 Å². The van der Waals surface area contributed by atoms with E-state index in [1.54, 1.807) is 18.2 Å². The van der Waals surface area contributed by atoms with Crippen molar-refractivity contribution in [2.45, 2.75) is 12.1 Å². The van der Waals surface area contributed by atoms with E-state index in [9.17, 15) is 18.8 Å². The fourth-order valence-corrected chi connectivity index (χ4v) is 3.48. The molecule has 4 rings (SSSR count).